The predicted octanol–water partition coefficient (Wildman–Crippen LogP) is 3.72. The molecule has 21 heavy (non-hydrogen) atoms. The van der Waals surface area contributed by atoms with E-state index in [4.69, 9.17) is 5.73 Å². The smallest absolute Gasteiger partial charge is 0.391 e. The van der Waals surface area contributed by atoms with E-state index >= 15 is 0 Å². The summed E-state index contributed by atoms with van der Waals surface area (Å²) in [5.74, 6) is -3.49. The monoisotopic (exact) mass is 304 g/mol. The van der Waals surface area contributed by atoms with Gasteiger partial charge in [0.05, 0.1) is 11.6 Å². The molecule has 1 saturated carbocycles. The van der Waals surface area contributed by atoms with Crippen LogP contribution in [-0.4, -0.2) is 12.1 Å². The highest BCUT2D eigenvalue weighted by Gasteiger charge is 2.43. The lowest BCUT2D eigenvalue weighted by Gasteiger charge is -2.29. The molecule has 1 aromatic rings. The standard InChI is InChI=1S/C14H16F4N2O/c15-11-7-10(19)4-5-12(11)20-13(21)8-2-1-3-9(6-8)14(16,17)18/h4-5,7-9H,1-3,6,19H2,(H,20,21). The number of nitrogens with two attached hydrogens (primary N) is 1. The van der Waals surface area contributed by atoms with Gasteiger partial charge in [0, 0.05) is 11.6 Å². The van der Waals surface area contributed by atoms with E-state index in [0.717, 1.165) is 6.07 Å². The van der Waals surface area contributed by atoms with Crippen molar-refractivity contribution in [3.63, 3.8) is 0 Å². The van der Waals surface area contributed by atoms with Crippen LogP contribution in [0.3, 0.4) is 0 Å². The van der Waals surface area contributed by atoms with E-state index in [2.05, 4.69) is 5.32 Å². The fraction of sp³-hybridized carbons (Fsp3) is 0.500. The Bertz CT molecular complexity index is 530. The van der Waals surface area contributed by atoms with Crippen LogP contribution in [0.2, 0.25) is 0 Å². The van der Waals surface area contributed by atoms with Gasteiger partial charge in [0.25, 0.3) is 0 Å². The largest absolute Gasteiger partial charge is 0.399 e. The number of halogens is 4. The molecular weight excluding hydrogens is 288 g/mol. The van der Waals surface area contributed by atoms with Crippen molar-refractivity contribution >= 4 is 17.3 Å². The Morgan fingerprint density at radius 2 is 2.00 bits per heavy atom. The van der Waals surface area contributed by atoms with E-state index in [1.807, 2.05) is 0 Å². The van der Waals surface area contributed by atoms with Crippen molar-refractivity contribution in [3.05, 3.63) is 24.0 Å². The summed E-state index contributed by atoms with van der Waals surface area (Å²) in [6.07, 6.45) is -3.76. The zero-order valence-electron chi connectivity index (χ0n) is 11.2. The molecule has 0 bridgehead atoms. The van der Waals surface area contributed by atoms with Crippen LogP contribution in [0, 0.1) is 17.7 Å². The normalized spacial score (nSPS) is 22.9. The Kier molecular flexibility index (Phi) is 4.39. The average Bonchev–Trinajstić information content (AvgIpc) is 2.41. The Balaban J connectivity index is 2.03. The molecule has 1 aliphatic carbocycles. The minimum atomic E-state index is -4.29. The van der Waals surface area contributed by atoms with Crippen molar-refractivity contribution in [1.29, 1.82) is 0 Å². The van der Waals surface area contributed by atoms with Gasteiger partial charge < -0.3 is 11.1 Å². The zero-order valence-corrected chi connectivity index (χ0v) is 11.2. The first kappa shape index (κ1) is 15.6. The van der Waals surface area contributed by atoms with Crippen LogP contribution in [0.15, 0.2) is 18.2 Å². The van der Waals surface area contributed by atoms with Crippen molar-refractivity contribution in [2.45, 2.75) is 31.9 Å². The molecule has 7 heteroatoms. The summed E-state index contributed by atoms with van der Waals surface area (Å²) >= 11 is 0. The molecule has 0 spiro atoms. The van der Waals surface area contributed by atoms with Gasteiger partial charge in [-0.15, -0.1) is 0 Å². The average molecular weight is 304 g/mol. The highest BCUT2D eigenvalue weighted by atomic mass is 19.4. The highest BCUT2D eigenvalue weighted by molar-refractivity contribution is 5.92. The van der Waals surface area contributed by atoms with Crippen molar-refractivity contribution in [2.24, 2.45) is 11.8 Å². The topological polar surface area (TPSA) is 55.1 Å². The number of hydrogen-bond donors (Lipinski definition) is 2. The lowest BCUT2D eigenvalue weighted by molar-refractivity contribution is -0.185. The summed E-state index contributed by atoms with van der Waals surface area (Å²) in [7, 11) is 0. The lowest BCUT2D eigenvalue weighted by atomic mass is 9.80. The van der Waals surface area contributed by atoms with Crippen LogP contribution < -0.4 is 11.1 Å². The Morgan fingerprint density at radius 3 is 2.62 bits per heavy atom. The van der Waals surface area contributed by atoms with E-state index < -0.39 is 29.7 Å². The van der Waals surface area contributed by atoms with E-state index in [1.54, 1.807) is 0 Å². The maximum Gasteiger partial charge on any atom is 0.391 e. The number of amides is 1. The quantitative estimate of drug-likeness (QED) is 0.646. The van der Waals surface area contributed by atoms with Crippen molar-refractivity contribution in [3.8, 4) is 0 Å². The number of alkyl halides is 3. The minimum Gasteiger partial charge on any atom is -0.399 e. The summed E-state index contributed by atoms with van der Waals surface area (Å²) in [5.41, 5.74) is 5.53. The van der Waals surface area contributed by atoms with Gasteiger partial charge in [-0.2, -0.15) is 13.2 Å². The molecule has 2 atom stereocenters. The highest BCUT2D eigenvalue weighted by Crippen LogP contribution is 2.40. The summed E-state index contributed by atoms with van der Waals surface area (Å²) in [4.78, 5) is 12.0. The molecule has 2 unspecified atom stereocenters. The maximum absolute atomic E-state index is 13.6. The molecule has 3 N–H and O–H groups in total. The summed E-state index contributed by atoms with van der Waals surface area (Å²) < 4.78 is 51.7. The number of hydrogen-bond acceptors (Lipinski definition) is 2. The first-order valence-corrected chi connectivity index (χ1v) is 6.70. The van der Waals surface area contributed by atoms with Gasteiger partial charge in [-0.3, -0.25) is 4.79 Å². The van der Waals surface area contributed by atoms with E-state index in [0.29, 0.717) is 12.8 Å². The van der Waals surface area contributed by atoms with Crippen molar-refractivity contribution in [1.82, 2.24) is 0 Å². The number of carbonyl (C=O) groups is 1. The third-order valence-electron chi connectivity index (χ3n) is 3.76. The van der Waals surface area contributed by atoms with E-state index in [1.165, 1.54) is 12.1 Å². The van der Waals surface area contributed by atoms with E-state index in [9.17, 15) is 22.4 Å². The van der Waals surface area contributed by atoms with Crippen molar-refractivity contribution < 1.29 is 22.4 Å². The second-order valence-electron chi connectivity index (χ2n) is 5.33. The molecule has 0 heterocycles. The Hall–Kier alpha value is -1.79. The first-order valence-electron chi connectivity index (χ1n) is 6.70. The van der Waals surface area contributed by atoms with Crippen LogP contribution in [-0.2, 0) is 4.79 Å². The Morgan fingerprint density at radius 1 is 1.29 bits per heavy atom. The van der Waals surface area contributed by atoms with Crippen LogP contribution in [0.4, 0.5) is 28.9 Å². The molecule has 0 aromatic heterocycles. The first-order chi connectivity index (χ1) is 9.77. The van der Waals surface area contributed by atoms with Gasteiger partial charge >= 0.3 is 6.18 Å². The summed E-state index contributed by atoms with van der Waals surface area (Å²) in [6.45, 7) is 0. The molecule has 116 valence electrons. The number of rotatable bonds is 2. The van der Waals surface area contributed by atoms with Crippen LogP contribution >= 0.6 is 0 Å². The Labute approximate surface area is 119 Å². The van der Waals surface area contributed by atoms with Gasteiger partial charge in [0.2, 0.25) is 5.91 Å². The van der Waals surface area contributed by atoms with Crippen LogP contribution in [0.5, 0.6) is 0 Å². The minimum absolute atomic E-state index is 0.0452. The van der Waals surface area contributed by atoms with Crippen LogP contribution in [0.25, 0.3) is 0 Å². The number of carbonyl (C=O) groups excluding carboxylic acids is 1. The van der Waals surface area contributed by atoms with Crippen molar-refractivity contribution in [2.75, 3.05) is 11.1 Å². The second kappa shape index (κ2) is 5.91. The number of anilines is 2. The molecule has 3 nitrogen and oxygen atoms in total. The lowest BCUT2D eigenvalue weighted by Crippen LogP contribution is -2.34. The van der Waals surface area contributed by atoms with Gasteiger partial charge in [0.15, 0.2) is 0 Å². The molecule has 0 aliphatic heterocycles. The number of benzene rings is 1. The molecule has 1 aromatic carbocycles. The second-order valence-corrected chi connectivity index (χ2v) is 5.33. The maximum atomic E-state index is 13.6. The molecular formula is C14H16F4N2O. The van der Waals surface area contributed by atoms with Crippen LogP contribution in [0.1, 0.15) is 25.7 Å². The predicted molar refractivity (Wildman–Crippen MR) is 70.9 cm³/mol. The molecule has 2 rings (SSSR count). The van der Waals surface area contributed by atoms with Gasteiger partial charge in [-0.1, -0.05) is 6.42 Å². The molecule has 1 fully saturated rings. The molecule has 0 saturated heterocycles. The number of nitrogen functional groups attached to an aromatic ring is 1. The third-order valence-corrected chi connectivity index (χ3v) is 3.76. The SMILES string of the molecule is Nc1ccc(NC(=O)C2CCCC(C(F)(F)F)C2)c(F)c1. The molecule has 0 radical (unpaired) electrons. The fourth-order valence-corrected chi connectivity index (χ4v) is 2.59. The fourth-order valence-electron chi connectivity index (χ4n) is 2.59. The molecule has 1 aliphatic rings. The van der Waals surface area contributed by atoms with Gasteiger partial charge in [-0.25, -0.2) is 4.39 Å². The zero-order chi connectivity index (χ0) is 15.6. The summed E-state index contributed by atoms with van der Waals surface area (Å²) in [6, 6.07) is 3.76. The van der Waals surface area contributed by atoms with Gasteiger partial charge in [-0.05, 0) is 37.5 Å². The summed E-state index contributed by atoms with van der Waals surface area (Å²) in [5, 5.41) is 2.34. The third kappa shape index (κ3) is 3.86. The number of nitrogens with one attached hydrogen (secondary N) is 1. The van der Waals surface area contributed by atoms with Gasteiger partial charge in [0.1, 0.15) is 5.82 Å². The molecule has 1 amide bonds. The van der Waals surface area contributed by atoms with E-state index in [-0.39, 0.29) is 24.2 Å².